The van der Waals surface area contributed by atoms with Gasteiger partial charge in [0.05, 0.1) is 16.6 Å². The van der Waals surface area contributed by atoms with Crippen LogP contribution in [-0.2, 0) is 0 Å². The Labute approximate surface area is 119 Å². The van der Waals surface area contributed by atoms with E-state index in [2.05, 4.69) is 64.3 Å². The van der Waals surface area contributed by atoms with Crippen LogP contribution in [0.4, 0.5) is 0 Å². The highest BCUT2D eigenvalue weighted by molar-refractivity contribution is 6.07. The van der Waals surface area contributed by atoms with Crippen LogP contribution in [0.25, 0.3) is 17.7 Å². The van der Waals surface area contributed by atoms with E-state index in [1.807, 2.05) is 0 Å². The van der Waals surface area contributed by atoms with Crippen LogP contribution in [0.1, 0.15) is 38.8 Å². The van der Waals surface area contributed by atoms with E-state index >= 15 is 0 Å². The van der Waals surface area contributed by atoms with Crippen LogP contribution >= 0.6 is 0 Å². The van der Waals surface area contributed by atoms with E-state index in [1.165, 1.54) is 21.9 Å². The molecule has 0 N–H and O–H groups in total. The van der Waals surface area contributed by atoms with Crippen LogP contribution in [0, 0.1) is 5.41 Å². The van der Waals surface area contributed by atoms with Crippen molar-refractivity contribution in [1.29, 1.82) is 0 Å². The van der Waals surface area contributed by atoms with E-state index in [-0.39, 0.29) is 11.0 Å². The molecule has 0 atom stereocenters. The van der Waals surface area contributed by atoms with Crippen molar-refractivity contribution >= 4 is 23.9 Å². The molecule has 0 amide bonds. The number of rotatable bonds is 0. The van der Waals surface area contributed by atoms with Gasteiger partial charge in [0.1, 0.15) is 0 Å². The third kappa shape index (κ3) is 1.39. The number of aliphatic imine (C=N–C) groups is 1. The zero-order chi connectivity index (χ0) is 14.1. The van der Waals surface area contributed by atoms with Crippen LogP contribution in [0.3, 0.4) is 0 Å². The SMILES string of the molecule is CC1(C)C=Cc2c3c4ccc2=C(C=N1)C(C)(C)C(=C3)N=4. The second kappa shape index (κ2) is 3.38. The van der Waals surface area contributed by atoms with E-state index in [1.54, 1.807) is 0 Å². The lowest BCUT2D eigenvalue weighted by Gasteiger charge is -2.28. The van der Waals surface area contributed by atoms with Gasteiger partial charge in [0.2, 0.25) is 0 Å². The number of hydrogen-bond donors (Lipinski definition) is 0. The van der Waals surface area contributed by atoms with Gasteiger partial charge in [-0.3, -0.25) is 9.98 Å². The predicted molar refractivity (Wildman–Crippen MR) is 84.0 cm³/mol. The first-order valence-electron chi connectivity index (χ1n) is 7.12. The molecule has 0 unspecified atom stereocenters. The first-order chi connectivity index (χ1) is 9.38. The Morgan fingerprint density at radius 1 is 1.00 bits per heavy atom. The molecule has 2 heteroatoms. The Morgan fingerprint density at radius 3 is 2.60 bits per heavy atom. The molecule has 20 heavy (non-hydrogen) atoms. The summed E-state index contributed by atoms with van der Waals surface area (Å²) in [6, 6.07) is 4.32. The second-order valence-electron chi connectivity index (χ2n) is 6.88. The van der Waals surface area contributed by atoms with Gasteiger partial charge in [-0.15, -0.1) is 0 Å². The molecule has 0 spiro atoms. The number of benzene rings is 1. The molecule has 4 rings (SSSR count). The van der Waals surface area contributed by atoms with Crippen molar-refractivity contribution in [3.05, 3.63) is 45.6 Å². The summed E-state index contributed by atoms with van der Waals surface area (Å²) < 4.78 is 0. The van der Waals surface area contributed by atoms with Crippen LogP contribution in [-0.4, -0.2) is 11.8 Å². The summed E-state index contributed by atoms with van der Waals surface area (Å²) in [5, 5.41) is 2.40. The third-order valence-electron chi connectivity index (χ3n) is 4.57. The minimum absolute atomic E-state index is 0.0976. The molecule has 0 saturated carbocycles. The third-order valence-corrected chi connectivity index (χ3v) is 4.57. The first-order valence-corrected chi connectivity index (χ1v) is 7.12. The molecule has 1 aromatic rings. The van der Waals surface area contributed by atoms with Gasteiger partial charge in [0, 0.05) is 17.2 Å². The smallest absolute Gasteiger partial charge is 0.0734 e. The Bertz CT molecular complexity index is 846. The molecule has 0 saturated heterocycles. The zero-order valence-electron chi connectivity index (χ0n) is 12.4. The Kier molecular flexibility index (Phi) is 2.00. The van der Waals surface area contributed by atoms with E-state index in [9.17, 15) is 0 Å². The monoisotopic (exact) mass is 262 g/mol. The van der Waals surface area contributed by atoms with Gasteiger partial charge in [0.25, 0.3) is 0 Å². The molecule has 0 fully saturated rings. The van der Waals surface area contributed by atoms with Gasteiger partial charge in [-0.25, -0.2) is 0 Å². The summed E-state index contributed by atoms with van der Waals surface area (Å²) in [5.74, 6) is 0. The molecule has 1 aromatic carbocycles. The van der Waals surface area contributed by atoms with Crippen molar-refractivity contribution in [1.82, 2.24) is 0 Å². The normalized spacial score (nSPS) is 23.0. The highest BCUT2D eigenvalue weighted by Crippen LogP contribution is 2.40. The summed E-state index contributed by atoms with van der Waals surface area (Å²) in [7, 11) is 0. The van der Waals surface area contributed by atoms with Gasteiger partial charge in [-0.05, 0) is 42.3 Å². The lowest BCUT2D eigenvalue weighted by Crippen LogP contribution is -2.30. The molecule has 5 bridgehead atoms. The van der Waals surface area contributed by atoms with Gasteiger partial charge in [-0.2, -0.15) is 0 Å². The van der Waals surface area contributed by atoms with Crippen molar-refractivity contribution in [3.8, 4) is 0 Å². The Hall–Kier alpha value is -1.96. The molecule has 1 aliphatic carbocycles. The average Bonchev–Trinajstić information content (AvgIpc) is 2.76. The number of nitrogens with zero attached hydrogens (tertiary/aromatic N) is 2. The van der Waals surface area contributed by atoms with Crippen LogP contribution < -0.4 is 10.6 Å². The molecule has 100 valence electrons. The Balaban J connectivity index is 2.23. The number of hydrogen-bond acceptors (Lipinski definition) is 2. The minimum Gasteiger partial charge on any atom is -0.283 e. The second-order valence-corrected chi connectivity index (χ2v) is 6.88. The minimum atomic E-state index is -0.160. The molecule has 2 heterocycles. The van der Waals surface area contributed by atoms with E-state index in [4.69, 9.17) is 9.98 Å². The zero-order valence-corrected chi connectivity index (χ0v) is 12.4. The summed E-state index contributed by atoms with van der Waals surface area (Å²) in [6.45, 7) is 8.76. The van der Waals surface area contributed by atoms with Crippen LogP contribution in [0.2, 0.25) is 0 Å². The van der Waals surface area contributed by atoms with E-state index < -0.39 is 0 Å². The van der Waals surface area contributed by atoms with Crippen molar-refractivity contribution in [3.63, 3.8) is 0 Å². The van der Waals surface area contributed by atoms with Crippen molar-refractivity contribution in [2.24, 2.45) is 15.4 Å². The lowest BCUT2D eigenvalue weighted by molar-refractivity contribution is 0.600. The standard InChI is InChI=1S/C18H18N2/c1-17(2)8-7-11-12-5-6-15-13(11)9-16(20-15)18(3,4)14(12)10-19-17/h5-10H,1-4H3. The maximum Gasteiger partial charge on any atom is 0.0734 e. The van der Waals surface area contributed by atoms with Gasteiger partial charge in [0.15, 0.2) is 0 Å². The molecule has 2 nitrogen and oxygen atoms in total. The fourth-order valence-electron chi connectivity index (χ4n) is 3.17. The molecular weight excluding hydrogens is 244 g/mol. The largest absolute Gasteiger partial charge is 0.283 e. The van der Waals surface area contributed by atoms with Crippen LogP contribution in [0.5, 0.6) is 0 Å². The highest BCUT2D eigenvalue weighted by atomic mass is 14.8. The van der Waals surface area contributed by atoms with Gasteiger partial charge >= 0.3 is 0 Å². The molecule has 3 aliphatic rings. The number of allylic oxidation sites excluding steroid dienone is 1. The maximum absolute atomic E-state index is 4.81. The summed E-state index contributed by atoms with van der Waals surface area (Å²) in [5.41, 5.74) is 4.72. The predicted octanol–water partition coefficient (Wildman–Crippen LogP) is 2.73. The molecular formula is C18H18N2. The van der Waals surface area contributed by atoms with Crippen LogP contribution in [0.15, 0.2) is 33.9 Å². The first kappa shape index (κ1) is 11.8. The molecule has 2 aliphatic heterocycles. The van der Waals surface area contributed by atoms with E-state index in [0.717, 1.165) is 11.1 Å². The quantitative estimate of drug-likeness (QED) is 0.687. The van der Waals surface area contributed by atoms with Crippen molar-refractivity contribution < 1.29 is 0 Å². The fourth-order valence-corrected chi connectivity index (χ4v) is 3.17. The molecule has 0 aromatic heterocycles. The lowest BCUT2D eigenvalue weighted by atomic mass is 9.80. The Morgan fingerprint density at radius 2 is 1.80 bits per heavy atom. The van der Waals surface area contributed by atoms with E-state index in [0.29, 0.717) is 0 Å². The maximum atomic E-state index is 4.81. The molecule has 0 radical (unpaired) electrons. The fraction of sp³-hybridized carbons (Fsp3) is 0.333. The summed E-state index contributed by atoms with van der Waals surface area (Å²) >= 11 is 0. The average molecular weight is 262 g/mol. The topological polar surface area (TPSA) is 24.7 Å². The summed E-state index contributed by atoms with van der Waals surface area (Å²) in [4.78, 5) is 9.58. The summed E-state index contributed by atoms with van der Waals surface area (Å²) in [6.07, 6.45) is 8.72. The van der Waals surface area contributed by atoms with Crippen molar-refractivity contribution in [2.75, 3.05) is 0 Å². The van der Waals surface area contributed by atoms with Crippen molar-refractivity contribution in [2.45, 2.75) is 33.2 Å². The highest BCUT2D eigenvalue weighted by Gasteiger charge is 2.34. The van der Waals surface area contributed by atoms with Gasteiger partial charge in [-0.1, -0.05) is 32.1 Å². The van der Waals surface area contributed by atoms with Gasteiger partial charge < -0.3 is 0 Å².